The lowest BCUT2D eigenvalue weighted by Gasteiger charge is -2.05. The molecular formula is C13H14FN3. The number of hydrogen-bond donors (Lipinski definition) is 1. The lowest BCUT2D eigenvalue weighted by molar-refractivity contribution is 0.618. The number of nitrogens with zero attached hydrogens (tertiary/aromatic N) is 2. The van der Waals surface area contributed by atoms with Gasteiger partial charge in [0.15, 0.2) is 5.82 Å². The van der Waals surface area contributed by atoms with E-state index in [1.54, 1.807) is 25.3 Å². The third kappa shape index (κ3) is 2.58. The molecule has 0 bridgehead atoms. The van der Waals surface area contributed by atoms with E-state index < -0.39 is 0 Å². The highest BCUT2D eigenvalue weighted by Crippen LogP contribution is 2.19. The number of aryl methyl sites for hydroxylation is 1. The number of aromatic nitrogens is 2. The summed E-state index contributed by atoms with van der Waals surface area (Å²) in [6.45, 7) is 4.54. The first-order valence-corrected chi connectivity index (χ1v) is 5.54. The van der Waals surface area contributed by atoms with Gasteiger partial charge in [-0.05, 0) is 43.7 Å². The molecule has 0 amide bonds. The van der Waals surface area contributed by atoms with Gasteiger partial charge in [0.1, 0.15) is 11.6 Å². The molecule has 0 saturated carbocycles. The lowest BCUT2D eigenvalue weighted by atomic mass is 10.1. The molecule has 2 rings (SSSR count). The number of anilines is 1. The third-order valence-electron chi connectivity index (χ3n) is 2.43. The van der Waals surface area contributed by atoms with Gasteiger partial charge in [0, 0.05) is 18.3 Å². The van der Waals surface area contributed by atoms with Gasteiger partial charge >= 0.3 is 0 Å². The number of halogens is 1. The Morgan fingerprint density at radius 3 is 2.82 bits per heavy atom. The summed E-state index contributed by atoms with van der Waals surface area (Å²) in [7, 11) is 0. The summed E-state index contributed by atoms with van der Waals surface area (Å²) in [5.41, 5.74) is 1.42. The van der Waals surface area contributed by atoms with Crippen molar-refractivity contribution in [1.82, 2.24) is 9.97 Å². The Labute approximate surface area is 99.7 Å². The monoisotopic (exact) mass is 231 g/mol. The van der Waals surface area contributed by atoms with Crippen LogP contribution in [0, 0.1) is 12.7 Å². The van der Waals surface area contributed by atoms with Crippen molar-refractivity contribution < 1.29 is 4.39 Å². The quantitative estimate of drug-likeness (QED) is 0.882. The van der Waals surface area contributed by atoms with Gasteiger partial charge in [-0.2, -0.15) is 0 Å². The first-order chi connectivity index (χ1) is 8.20. The van der Waals surface area contributed by atoms with Crippen LogP contribution in [-0.2, 0) is 0 Å². The Kier molecular flexibility index (Phi) is 3.32. The molecule has 17 heavy (non-hydrogen) atoms. The molecule has 0 unspecified atom stereocenters. The molecule has 1 aromatic carbocycles. The fourth-order valence-corrected chi connectivity index (χ4v) is 1.56. The highest BCUT2D eigenvalue weighted by Gasteiger charge is 2.04. The largest absolute Gasteiger partial charge is 0.370 e. The summed E-state index contributed by atoms with van der Waals surface area (Å²) in [6, 6.07) is 6.69. The smallest absolute Gasteiger partial charge is 0.161 e. The second-order valence-electron chi connectivity index (χ2n) is 3.76. The predicted molar refractivity (Wildman–Crippen MR) is 66.3 cm³/mol. The maximum absolute atomic E-state index is 13.2. The first-order valence-electron chi connectivity index (χ1n) is 5.54. The maximum Gasteiger partial charge on any atom is 0.161 e. The van der Waals surface area contributed by atoms with Gasteiger partial charge in [-0.1, -0.05) is 0 Å². The van der Waals surface area contributed by atoms with Gasteiger partial charge in [0.05, 0.1) is 0 Å². The van der Waals surface area contributed by atoms with E-state index in [9.17, 15) is 4.39 Å². The molecule has 3 nitrogen and oxygen atoms in total. The molecule has 2 aromatic rings. The molecule has 0 aliphatic heterocycles. The van der Waals surface area contributed by atoms with Crippen LogP contribution in [0.15, 0.2) is 30.5 Å². The van der Waals surface area contributed by atoms with Crippen molar-refractivity contribution in [2.75, 3.05) is 11.9 Å². The zero-order valence-electron chi connectivity index (χ0n) is 9.87. The Morgan fingerprint density at radius 1 is 1.29 bits per heavy atom. The van der Waals surface area contributed by atoms with Crippen LogP contribution in [0.1, 0.15) is 12.5 Å². The van der Waals surface area contributed by atoms with Crippen molar-refractivity contribution in [3.8, 4) is 11.4 Å². The van der Waals surface area contributed by atoms with Crippen LogP contribution >= 0.6 is 0 Å². The Hall–Kier alpha value is -1.97. The fraction of sp³-hybridized carbons (Fsp3) is 0.231. The van der Waals surface area contributed by atoms with Crippen LogP contribution in [0.3, 0.4) is 0 Å². The van der Waals surface area contributed by atoms with Crippen LogP contribution in [-0.4, -0.2) is 16.5 Å². The number of hydrogen-bond acceptors (Lipinski definition) is 3. The van der Waals surface area contributed by atoms with Crippen LogP contribution < -0.4 is 5.32 Å². The van der Waals surface area contributed by atoms with Crippen LogP contribution in [0.4, 0.5) is 10.2 Å². The Balaban J connectivity index is 2.38. The van der Waals surface area contributed by atoms with Crippen LogP contribution in [0.25, 0.3) is 11.4 Å². The number of benzene rings is 1. The van der Waals surface area contributed by atoms with Gasteiger partial charge in [-0.25, -0.2) is 14.4 Å². The van der Waals surface area contributed by atoms with E-state index in [-0.39, 0.29) is 5.82 Å². The second-order valence-corrected chi connectivity index (χ2v) is 3.76. The molecule has 1 N–H and O–H groups in total. The van der Waals surface area contributed by atoms with E-state index in [2.05, 4.69) is 15.3 Å². The summed E-state index contributed by atoms with van der Waals surface area (Å²) in [6.07, 6.45) is 1.69. The van der Waals surface area contributed by atoms with Crippen molar-refractivity contribution >= 4 is 5.82 Å². The molecule has 0 spiro atoms. The second kappa shape index (κ2) is 4.91. The van der Waals surface area contributed by atoms with Gasteiger partial charge in [0.25, 0.3) is 0 Å². The molecule has 0 saturated heterocycles. The highest BCUT2D eigenvalue weighted by atomic mass is 19.1. The van der Waals surface area contributed by atoms with E-state index in [1.165, 1.54) is 6.07 Å². The van der Waals surface area contributed by atoms with Crippen molar-refractivity contribution in [2.24, 2.45) is 0 Å². The van der Waals surface area contributed by atoms with Crippen molar-refractivity contribution in [3.05, 3.63) is 41.8 Å². The van der Waals surface area contributed by atoms with E-state index in [0.717, 1.165) is 17.9 Å². The molecule has 0 atom stereocenters. The van der Waals surface area contributed by atoms with Crippen LogP contribution in [0.2, 0.25) is 0 Å². The first kappa shape index (κ1) is 11.5. The van der Waals surface area contributed by atoms with E-state index in [0.29, 0.717) is 11.4 Å². The van der Waals surface area contributed by atoms with E-state index in [4.69, 9.17) is 0 Å². The molecule has 1 aromatic heterocycles. The number of rotatable bonds is 3. The molecule has 0 fully saturated rings. The minimum atomic E-state index is -0.211. The molecule has 0 radical (unpaired) electrons. The van der Waals surface area contributed by atoms with E-state index >= 15 is 0 Å². The third-order valence-corrected chi connectivity index (χ3v) is 2.43. The Bertz CT molecular complexity index is 526. The minimum absolute atomic E-state index is 0.211. The maximum atomic E-state index is 13.2. The molecule has 0 aliphatic rings. The lowest BCUT2D eigenvalue weighted by Crippen LogP contribution is -2.00. The zero-order chi connectivity index (χ0) is 12.3. The standard InChI is InChI=1S/C13H14FN3/c1-3-15-12-6-7-16-13(17-12)10-4-5-11(14)9(2)8-10/h4-8H,3H2,1-2H3,(H,15,16,17). The normalized spacial score (nSPS) is 10.3. The average Bonchev–Trinajstić information content (AvgIpc) is 2.33. The predicted octanol–water partition coefficient (Wildman–Crippen LogP) is 3.02. The topological polar surface area (TPSA) is 37.8 Å². The van der Waals surface area contributed by atoms with Crippen molar-refractivity contribution in [2.45, 2.75) is 13.8 Å². The average molecular weight is 231 g/mol. The van der Waals surface area contributed by atoms with Gasteiger partial charge in [-0.3, -0.25) is 0 Å². The molecule has 88 valence electrons. The van der Waals surface area contributed by atoms with E-state index in [1.807, 2.05) is 13.0 Å². The Morgan fingerprint density at radius 2 is 2.12 bits per heavy atom. The SMILES string of the molecule is CCNc1ccnc(-c2ccc(F)c(C)c2)n1. The minimum Gasteiger partial charge on any atom is -0.370 e. The molecule has 1 heterocycles. The zero-order valence-corrected chi connectivity index (χ0v) is 9.87. The van der Waals surface area contributed by atoms with Crippen molar-refractivity contribution in [1.29, 1.82) is 0 Å². The molecular weight excluding hydrogens is 217 g/mol. The fourth-order valence-electron chi connectivity index (χ4n) is 1.56. The summed E-state index contributed by atoms with van der Waals surface area (Å²) < 4.78 is 13.2. The van der Waals surface area contributed by atoms with Crippen LogP contribution in [0.5, 0.6) is 0 Å². The van der Waals surface area contributed by atoms with Gasteiger partial charge in [0.2, 0.25) is 0 Å². The summed E-state index contributed by atoms with van der Waals surface area (Å²) in [5.74, 6) is 1.17. The number of nitrogens with one attached hydrogen (secondary N) is 1. The molecule has 4 heteroatoms. The summed E-state index contributed by atoms with van der Waals surface area (Å²) >= 11 is 0. The van der Waals surface area contributed by atoms with Gasteiger partial charge < -0.3 is 5.32 Å². The summed E-state index contributed by atoms with van der Waals surface area (Å²) in [4.78, 5) is 8.55. The van der Waals surface area contributed by atoms with Crippen molar-refractivity contribution in [3.63, 3.8) is 0 Å². The highest BCUT2D eigenvalue weighted by molar-refractivity contribution is 5.57. The summed E-state index contributed by atoms with van der Waals surface area (Å²) in [5, 5.41) is 3.12. The van der Waals surface area contributed by atoms with Gasteiger partial charge in [-0.15, -0.1) is 0 Å². The molecule has 0 aliphatic carbocycles.